The Morgan fingerprint density at radius 2 is 2.10 bits per heavy atom. The monoisotopic (exact) mass is 339 g/mol. The molecule has 2 aliphatic rings. The predicted molar refractivity (Wildman–Crippen MR) is 92.1 cm³/mol. The van der Waals surface area contributed by atoms with E-state index < -0.39 is 0 Å². The normalized spacial score (nSPS) is 26.5. The highest BCUT2D eigenvalue weighted by Gasteiger charge is 2.35. The SMILES string of the molecule is S=C(N/N=C\c1ccc(Cl)c(Cl)c1)N[C@H]1C[C@@H]2C=C[C@@H]1C2. The molecule has 2 aliphatic carbocycles. The lowest BCUT2D eigenvalue weighted by Gasteiger charge is -2.20. The first kappa shape index (κ1) is 14.8. The molecule has 6 heteroatoms. The predicted octanol–water partition coefficient (Wildman–Crippen LogP) is 3.76. The van der Waals surface area contributed by atoms with Gasteiger partial charge in [-0.3, -0.25) is 5.43 Å². The van der Waals surface area contributed by atoms with Gasteiger partial charge in [-0.1, -0.05) is 41.4 Å². The van der Waals surface area contributed by atoms with Crippen molar-refractivity contribution in [3.8, 4) is 0 Å². The van der Waals surface area contributed by atoms with Gasteiger partial charge in [0.25, 0.3) is 0 Å². The molecule has 0 saturated heterocycles. The van der Waals surface area contributed by atoms with Gasteiger partial charge in [0, 0.05) is 6.04 Å². The van der Waals surface area contributed by atoms with Crippen LogP contribution in [-0.2, 0) is 0 Å². The molecule has 0 heterocycles. The van der Waals surface area contributed by atoms with Crippen molar-refractivity contribution < 1.29 is 0 Å². The highest BCUT2D eigenvalue weighted by molar-refractivity contribution is 7.80. The summed E-state index contributed by atoms with van der Waals surface area (Å²) in [6.07, 6.45) is 8.65. The lowest BCUT2D eigenvalue weighted by molar-refractivity contribution is 0.521. The van der Waals surface area contributed by atoms with E-state index in [2.05, 4.69) is 28.0 Å². The number of nitrogens with one attached hydrogen (secondary N) is 2. The smallest absolute Gasteiger partial charge is 0.187 e. The van der Waals surface area contributed by atoms with E-state index in [1.165, 1.54) is 6.42 Å². The molecule has 0 aliphatic heterocycles. The molecule has 0 aromatic heterocycles. The van der Waals surface area contributed by atoms with Crippen molar-refractivity contribution in [2.75, 3.05) is 0 Å². The summed E-state index contributed by atoms with van der Waals surface area (Å²) in [5.41, 5.74) is 3.70. The molecule has 1 aromatic rings. The van der Waals surface area contributed by atoms with E-state index in [1.54, 1.807) is 18.3 Å². The number of hydrazone groups is 1. The van der Waals surface area contributed by atoms with E-state index in [1.807, 2.05) is 6.07 Å². The second kappa shape index (κ2) is 6.34. The summed E-state index contributed by atoms with van der Waals surface area (Å²) in [6.45, 7) is 0. The molecule has 3 atom stereocenters. The molecule has 2 N–H and O–H groups in total. The van der Waals surface area contributed by atoms with Gasteiger partial charge in [-0.05, 0) is 54.6 Å². The van der Waals surface area contributed by atoms with E-state index in [0.29, 0.717) is 27.1 Å². The van der Waals surface area contributed by atoms with Crippen LogP contribution in [0.3, 0.4) is 0 Å². The summed E-state index contributed by atoms with van der Waals surface area (Å²) in [4.78, 5) is 0. The van der Waals surface area contributed by atoms with Gasteiger partial charge in [0.05, 0.1) is 16.3 Å². The van der Waals surface area contributed by atoms with Crippen LogP contribution in [0.5, 0.6) is 0 Å². The minimum atomic E-state index is 0.431. The fourth-order valence-corrected chi connectivity index (χ4v) is 3.42. The molecule has 0 radical (unpaired) electrons. The van der Waals surface area contributed by atoms with Crippen molar-refractivity contribution in [3.63, 3.8) is 0 Å². The van der Waals surface area contributed by atoms with Crippen LogP contribution < -0.4 is 10.7 Å². The zero-order valence-electron chi connectivity index (χ0n) is 11.2. The van der Waals surface area contributed by atoms with E-state index >= 15 is 0 Å². The van der Waals surface area contributed by atoms with Gasteiger partial charge in [-0.15, -0.1) is 0 Å². The van der Waals surface area contributed by atoms with Gasteiger partial charge >= 0.3 is 0 Å². The molecule has 1 saturated carbocycles. The number of thiocarbonyl (C=S) groups is 1. The Morgan fingerprint density at radius 3 is 2.76 bits per heavy atom. The Kier molecular flexibility index (Phi) is 4.48. The topological polar surface area (TPSA) is 36.4 Å². The molecule has 0 spiro atoms. The lowest BCUT2D eigenvalue weighted by Crippen LogP contribution is -2.42. The van der Waals surface area contributed by atoms with Gasteiger partial charge in [0.2, 0.25) is 0 Å². The number of hydrogen-bond acceptors (Lipinski definition) is 2. The van der Waals surface area contributed by atoms with Gasteiger partial charge in [-0.25, -0.2) is 0 Å². The highest BCUT2D eigenvalue weighted by atomic mass is 35.5. The average Bonchev–Trinajstić information content (AvgIpc) is 3.05. The summed E-state index contributed by atoms with van der Waals surface area (Å²) in [5, 5.41) is 9.04. The van der Waals surface area contributed by atoms with E-state index in [9.17, 15) is 0 Å². The Hall–Kier alpha value is -1.10. The number of rotatable bonds is 3. The van der Waals surface area contributed by atoms with E-state index in [4.69, 9.17) is 35.4 Å². The van der Waals surface area contributed by atoms with Crippen LogP contribution >= 0.6 is 35.4 Å². The van der Waals surface area contributed by atoms with Crippen molar-refractivity contribution in [2.45, 2.75) is 18.9 Å². The molecular formula is C15H15Cl2N3S. The molecule has 1 fully saturated rings. The number of fused-ring (bicyclic) bond motifs is 2. The third-order valence-electron chi connectivity index (χ3n) is 3.92. The lowest BCUT2D eigenvalue weighted by atomic mass is 10.0. The molecule has 3 rings (SSSR count). The summed E-state index contributed by atoms with van der Waals surface area (Å²) in [6, 6.07) is 5.77. The third-order valence-corrected chi connectivity index (χ3v) is 4.87. The maximum atomic E-state index is 5.95. The molecule has 0 amide bonds. The standard InChI is InChI=1S/C15H15Cl2N3S/c16-12-4-2-10(6-13(12)17)8-18-20-15(21)19-14-7-9-1-3-11(14)5-9/h1-4,6,8-9,11,14H,5,7H2,(H2,19,20,21)/b18-8-/t9-,11-,14+/m1/s1. The van der Waals surface area contributed by atoms with Crippen LogP contribution in [0, 0.1) is 11.8 Å². The summed E-state index contributed by atoms with van der Waals surface area (Å²) in [7, 11) is 0. The molecular weight excluding hydrogens is 325 g/mol. The Morgan fingerprint density at radius 1 is 1.24 bits per heavy atom. The third kappa shape index (κ3) is 3.57. The first-order valence-corrected chi connectivity index (χ1v) is 8.01. The Bertz CT molecular complexity index is 615. The molecule has 0 unspecified atom stereocenters. The van der Waals surface area contributed by atoms with Crippen LogP contribution in [0.2, 0.25) is 10.0 Å². The minimum Gasteiger partial charge on any atom is -0.358 e. The molecule has 1 aromatic carbocycles. The maximum absolute atomic E-state index is 5.95. The second-order valence-corrected chi connectivity index (χ2v) is 6.63. The van der Waals surface area contributed by atoms with Crippen LogP contribution in [-0.4, -0.2) is 17.4 Å². The van der Waals surface area contributed by atoms with Gasteiger partial charge in [0.15, 0.2) is 5.11 Å². The molecule has 110 valence electrons. The Labute approximate surface area is 139 Å². The van der Waals surface area contributed by atoms with Gasteiger partial charge < -0.3 is 5.32 Å². The van der Waals surface area contributed by atoms with Crippen molar-refractivity contribution in [2.24, 2.45) is 16.9 Å². The average molecular weight is 340 g/mol. The first-order chi connectivity index (χ1) is 10.1. The summed E-state index contributed by atoms with van der Waals surface area (Å²) >= 11 is 17.1. The number of hydrogen-bond donors (Lipinski definition) is 2. The number of nitrogens with zero attached hydrogens (tertiary/aromatic N) is 1. The minimum absolute atomic E-state index is 0.431. The van der Waals surface area contributed by atoms with E-state index in [-0.39, 0.29) is 0 Å². The molecule has 2 bridgehead atoms. The fraction of sp³-hybridized carbons (Fsp3) is 0.333. The Balaban J connectivity index is 1.50. The van der Waals surface area contributed by atoms with Crippen LogP contribution in [0.1, 0.15) is 18.4 Å². The van der Waals surface area contributed by atoms with Crippen molar-refractivity contribution in [1.29, 1.82) is 0 Å². The fourth-order valence-electron chi connectivity index (χ4n) is 2.91. The summed E-state index contributed by atoms with van der Waals surface area (Å²) < 4.78 is 0. The zero-order chi connectivity index (χ0) is 14.8. The molecule has 3 nitrogen and oxygen atoms in total. The number of halogens is 2. The van der Waals surface area contributed by atoms with Gasteiger partial charge in [-0.2, -0.15) is 5.10 Å². The van der Waals surface area contributed by atoms with Crippen molar-refractivity contribution in [3.05, 3.63) is 46.0 Å². The largest absolute Gasteiger partial charge is 0.358 e. The first-order valence-electron chi connectivity index (χ1n) is 6.85. The van der Waals surface area contributed by atoms with Crippen LogP contribution in [0.4, 0.5) is 0 Å². The number of allylic oxidation sites excluding steroid dienone is 1. The van der Waals surface area contributed by atoms with Crippen molar-refractivity contribution in [1.82, 2.24) is 10.7 Å². The van der Waals surface area contributed by atoms with Gasteiger partial charge in [0.1, 0.15) is 0 Å². The van der Waals surface area contributed by atoms with Crippen LogP contribution in [0.15, 0.2) is 35.5 Å². The number of benzene rings is 1. The highest BCUT2D eigenvalue weighted by Crippen LogP contribution is 2.38. The second-order valence-electron chi connectivity index (χ2n) is 5.40. The summed E-state index contributed by atoms with van der Waals surface area (Å²) in [5.74, 6) is 1.32. The van der Waals surface area contributed by atoms with E-state index in [0.717, 1.165) is 17.9 Å². The zero-order valence-corrected chi connectivity index (χ0v) is 13.6. The van der Waals surface area contributed by atoms with Crippen molar-refractivity contribution >= 4 is 46.7 Å². The van der Waals surface area contributed by atoms with Crippen LogP contribution in [0.25, 0.3) is 0 Å². The maximum Gasteiger partial charge on any atom is 0.187 e. The quantitative estimate of drug-likeness (QED) is 0.381. The molecule has 21 heavy (non-hydrogen) atoms.